The molecule has 3 N–H and O–H groups in total. The second-order valence-electron chi connectivity index (χ2n) is 3.71. The fraction of sp³-hybridized carbons (Fsp3) is 0.545. The van der Waals surface area contributed by atoms with Crippen molar-refractivity contribution in [3.05, 3.63) is 24.2 Å². The Morgan fingerprint density at radius 3 is 2.81 bits per heavy atom. The van der Waals surface area contributed by atoms with Gasteiger partial charge in [-0.25, -0.2) is 0 Å². The van der Waals surface area contributed by atoms with Crippen LogP contribution < -0.4 is 10.6 Å². The quantitative estimate of drug-likeness (QED) is 0.520. The molecule has 0 aliphatic carbocycles. The Bertz CT molecular complexity index is 331. The minimum absolute atomic E-state index is 0.334. The van der Waals surface area contributed by atoms with Crippen LogP contribution in [0.2, 0.25) is 0 Å². The largest absolute Gasteiger partial charge is 0.466 e. The Hall–Kier alpha value is -1.49. The highest BCUT2D eigenvalue weighted by atomic mass is 16.4. The van der Waals surface area contributed by atoms with Gasteiger partial charge in [0.2, 0.25) is 0 Å². The van der Waals surface area contributed by atoms with Crippen LogP contribution in [-0.2, 0) is 5.60 Å². The van der Waals surface area contributed by atoms with Crippen molar-refractivity contribution < 1.29 is 9.52 Å². The van der Waals surface area contributed by atoms with E-state index >= 15 is 0 Å². The summed E-state index contributed by atoms with van der Waals surface area (Å²) in [5.41, 5.74) is -1.05. The summed E-state index contributed by atoms with van der Waals surface area (Å²) in [5.74, 6) is 1.20. The highest BCUT2D eigenvalue weighted by Gasteiger charge is 2.26. The Labute approximate surface area is 95.6 Å². The van der Waals surface area contributed by atoms with Crippen LogP contribution in [0.15, 0.2) is 27.8 Å². The van der Waals surface area contributed by atoms with Gasteiger partial charge in [0.15, 0.2) is 5.96 Å². The van der Waals surface area contributed by atoms with Crippen LogP contribution in [0.1, 0.15) is 19.6 Å². The number of rotatable bonds is 4. The third-order valence-corrected chi connectivity index (χ3v) is 2.22. The number of furan rings is 1. The van der Waals surface area contributed by atoms with Gasteiger partial charge in [-0.3, -0.25) is 4.99 Å². The van der Waals surface area contributed by atoms with E-state index in [1.54, 1.807) is 32.4 Å². The molecule has 0 aliphatic heterocycles. The van der Waals surface area contributed by atoms with E-state index in [0.717, 1.165) is 6.54 Å². The second kappa shape index (κ2) is 5.55. The fourth-order valence-corrected chi connectivity index (χ4v) is 1.32. The van der Waals surface area contributed by atoms with E-state index in [-0.39, 0.29) is 0 Å². The average molecular weight is 225 g/mol. The number of nitrogens with zero attached hydrogens (tertiary/aromatic N) is 1. The van der Waals surface area contributed by atoms with Crippen LogP contribution >= 0.6 is 0 Å². The molecule has 5 nitrogen and oxygen atoms in total. The topological polar surface area (TPSA) is 69.8 Å². The molecular weight excluding hydrogens is 206 g/mol. The molecule has 16 heavy (non-hydrogen) atoms. The molecule has 0 radical (unpaired) electrons. The molecule has 0 spiro atoms. The van der Waals surface area contributed by atoms with E-state index in [1.165, 1.54) is 0 Å². The average Bonchev–Trinajstić information content (AvgIpc) is 2.78. The van der Waals surface area contributed by atoms with E-state index in [0.29, 0.717) is 18.3 Å². The Balaban J connectivity index is 2.54. The summed E-state index contributed by atoms with van der Waals surface area (Å²) in [6.07, 6.45) is 1.54. The first kappa shape index (κ1) is 12.6. The normalized spacial score (nSPS) is 15.6. The van der Waals surface area contributed by atoms with Crippen molar-refractivity contribution in [2.24, 2.45) is 4.99 Å². The zero-order valence-electron chi connectivity index (χ0n) is 9.95. The molecule has 5 heteroatoms. The molecule has 0 amide bonds. The zero-order valence-corrected chi connectivity index (χ0v) is 9.95. The number of hydrogen-bond acceptors (Lipinski definition) is 3. The van der Waals surface area contributed by atoms with E-state index < -0.39 is 5.60 Å². The molecule has 1 aromatic heterocycles. The zero-order chi connectivity index (χ0) is 12.0. The molecule has 1 rings (SSSR count). The van der Waals surface area contributed by atoms with Crippen LogP contribution in [0.5, 0.6) is 0 Å². The molecule has 0 aromatic carbocycles. The second-order valence-corrected chi connectivity index (χ2v) is 3.71. The van der Waals surface area contributed by atoms with Crippen molar-refractivity contribution in [2.75, 3.05) is 20.1 Å². The lowest BCUT2D eigenvalue weighted by atomic mass is 10.0. The van der Waals surface area contributed by atoms with Crippen LogP contribution in [0, 0.1) is 0 Å². The van der Waals surface area contributed by atoms with Gasteiger partial charge in [-0.15, -0.1) is 0 Å². The first-order chi connectivity index (χ1) is 7.60. The van der Waals surface area contributed by atoms with Crippen molar-refractivity contribution in [3.8, 4) is 0 Å². The Morgan fingerprint density at radius 2 is 2.31 bits per heavy atom. The Morgan fingerprint density at radius 1 is 1.56 bits per heavy atom. The van der Waals surface area contributed by atoms with E-state index in [9.17, 15) is 5.11 Å². The maximum atomic E-state index is 10.1. The van der Waals surface area contributed by atoms with Crippen LogP contribution in [0.25, 0.3) is 0 Å². The van der Waals surface area contributed by atoms with Crippen molar-refractivity contribution in [1.82, 2.24) is 10.6 Å². The SMILES string of the molecule is CCNC(=NC)NCC(C)(O)c1ccco1. The molecule has 0 bridgehead atoms. The molecule has 0 saturated carbocycles. The molecule has 1 atom stereocenters. The van der Waals surface area contributed by atoms with Crippen molar-refractivity contribution in [3.63, 3.8) is 0 Å². The maximum absolute atomic E-state index is 10.1. The highest BCUT2D eigenvalue weighted by molar-refractivity contribution is 5.79. The van der Waals surface area contributed by atoms with Gasteiger partial charge in [0, 0.05) is 13.6 Å². The van der Waals surface area contributed by atoms with Gasteiger partial charge in [0.05, 0.1) is 12.8 Å². The van der Waals surface area contributed by atoms with E-state index in [1.807, 2.05) is 6.92 Å². The summed E-state index contributed by atoms with van der Waals surface area (Å²) in [7, 11) is 1.69. The summed E-state index contributed by atoms with van der Waals surface area (Å²) in [4.78, 5) is 4.01. The minimum atomic E-state index is -1.05. The van der Waals surface area contributed by atoms with Crippen LogP contribution in [0.3, 0.4) is 0 Å². The van der Waals surface area contributed by atoms with Gasteiger partial charge in [-0.1, -0.05) is 0 Å². The number of aliphatic imine (C=N–C) groups is 1. The summed E-state index contributed by atoms with van der Waals surface area (Å²) in [5, 5.41) is 16.2. The first-order valence-electron chi connectivity index (χ1n) is 5.31. The number of aliphatic hydroxyl groups is 1. The molecular formula is C11H19N3O2. The first-order valence-corrected chi connectivity index (χ1v) is 5.31. The Kier molecular flexibility index (Phi) is 4.37. The molecule has 0 saturated heterocycles. The van der Waals surface area contributed by atoms with Gasteiger partial charge in [0.1, 0.15) is 11.4 Å². The van der Waals surface area contributed by atoms with E-state index in [4.69, 9.17) is 4.42 Å². The maximum Gasteiger partial charge on any atom is 0.191 e. The molecule has 1 aromatic rings. The number of hydrogen-bond donors (Lipinski definition) is 3. The minimum Gasteiger partial charge on any atom is -0.466 e. The molecule has 1 heterocycles. The van der Waals surface area contributed by atoms with E-state index in [2.05, 4.69) is 15.6 Å². The van der Waals surface area contributed by atoms with Crippen molar-refractivity contribution in [1.29, 1.82) is 0 Å². The van der Waals surface area contributed by atoms with Crippen molar-refractivity contribution in [2.45, 2.75) is 19.4 Å². The van der Waals surface area contributed by atoms with Crippen molar-refractivity contribution >= 4 is 5.96 Å². The van der Waals surface area contributed by atoms with Crippen LogP contribution in [-0.4, -0.2) is 31.2 Å². The van der Waals surface area contributed by atoms with Gasteiger partial charge in [0.25, 0.3) is 0 Å². The lowest BCUT2D eigenvalue weighted by Crippen LogP contribution is -2.44. The number of guanidine groups is 1. The third-order valence-electron chi connectivity index (χ3n) is 2.22. The third kappa shape index (κ3) is 3.27. The van der Waals surface area contributed by atoms with Gasteiger partial charge in [-0.2, -0.15) is 0 Å². The fourth-order valence-electron chi connectivity index (χ4n) is 1.32. The smallest absolute Gasteiger partial charge is 0.191 e. The lowest BCUT2D eigenvalue weighted by molar-refractivity contribution is 0.0386. The molecule has 1 unspecified atom stereocenters. The standard InChI is InChI=1S/C11H19N3O2/c1-4-13-10(12-3)14-8-11(2,15)9-6-5-7-16-9/h5-7,15H,4,8H2,1-3H3,(H2,12,13,14). The predicted octanol–water partition coefficient (Wildman–Crippen LogP) is 0.672. The summed E-state index contributed by atoms with van der Waals surface area (Å²) in [6, 6.07) is 3.50. The summed E-state index contributed by atoms with van der Waals surface area (Å²) < 4.78 is 5.17. The molecule has 0 aliphatic rings. The van der Waals surface area contributed by atoms with Gasteiger partial charge in [-0.05, 0) is 26.0 Å². The van der Waals surface area contributed by atoms with Gasteiger partial charge >= 0.3 is 0 Å². The van der Waals surface area contributed by atoms with Crippen LogP contribution in [0.4, 0.5) is 0 Å². The summed E-state index contributed by atoms with van der Waals surface area (Å²) in [6.45, 7) is 4.79. The number of nitrogens with one attached hydrogen (secondary N) is 2. The predicted molar refractivity (Wildman–Crippen MR) is 63.3 cm³/mol. The monoisotopic (exact) mass is 225 g/mol. The summed E-state index contributed by atoms with van der Waals surface area (Å²) >= 11 is 0. The molecule has 0 fully saturated rings. The lowest BCUT2D eigenvalue weighted by Gasteiger charge is -2.22. The molecule has 90 valence electrons. The van der Waals surface area contributed by atoms with Gasteiger partial charge < -0.3 is 20.2 Å². The highest BCUT2D eigenvalue weighted by Crippen LogP contribution is 2.19.